The van der Waals surface area contributed by atoms with E-state index in [-0.39, 0.29) is 0 Å². The molecular weight excluding hydrogens is 257 g/mol. The van der Waals surface area contributed by atoms with Crippen molar-refractivity contribution in [3.63, 3.8) is 0 Å². The molecule has 1 aliphatic carbocycles. The lowest BCUT2D eigenvalue weighted by atomic mass is 10.2. The minimum atomic E-state index is -4.33. The van der Waals surface area contributed by atoms with E-state index in [0.29, 0.717) is 17.4 Å². The van der Waals surface area contributed by atoms with E-state index >= 15 is 0 Å². The molecule has 0 radical (unpaired) electrons. The summed E-state index contributed by atoms with van der Waals surface area (Å²) >= 11 is 0. The zero-order valence-corrected chi connectivity index (χ0v) is 9.85. The van der Waals surface area contributed by atoms with Crippen LogP contribution in [0.25, 0.3) is 5.69 Å². The lowest BCUT2D eigenvalue weighted by molar-refractivity contribution is -0.137. The van der Waals surface area contributed by atoms with Crippen molar-refractivity contribution in [3.8, 4) is 5.69 Å². The van der Waals surface area contributed by atoms with Gasteiger partial charge >= 0.3 is 6.18 Å². The van der Waals surface area contributed by atoms with Gasteiger partial charge in [0.25, 0.3) is 0 Å². The third-order valence-corrected chi connectivity index (χ3v) is 3.14. The summed E-state index contributed by atoms with van der Waals surface area (Å²) in [7, 11) is 0. The number of nitrogens with two attached hydrogens (primary N) is 1. The number of halogens is 3. The van der Waals surface area contributed by atoms with Crippen molar-refractivity contribution in [2.24, 2.45) is 0 Å². The van der Waals surface area contributed by atoms with E-state index in [2.05, 4.69) is 10.3 Å². The van der Waals surface area contributed by atoms with Crippen molar-refractivity contribution < 1.29 is 13.2 Å². The number of hydrogen-bond donors (Lipinski definition) is 1. The van der Waals surface area contributed by atoms with E-state index in [9.17, 15) is 13.2 Å². The van der Waals surface area contributed by atoms with Crippen LogP contribution in [0.5, 0.6) is 0 Å². The second-order valence-electron chi connectivity index (χ2n) is 4.59. The van der Waals surface area contributed by atoms with Crippen LogP contribution in [-0.4, -0.2) is 15.0 Å². The molecule has 2 N–H and O–H groups in total. The molecule has 0 spiro atoms. The van der Waals surface area contributed by atoms with Crippen molar-refractivity contribution >= 4 is 5.82 Å². The van der Waals surface area contributed by atoms with Gasteiger partial charge in [-0.05, 0) is 37.1 Å². The van der Waals surface area contributed by atoms with E-state index in [4.69, 9.17) is 5.73 Å². The van der Waals surface area contributed by atoms with E-state index in [1.54, 1.807) is 0 Å². The number of alkyl halides is 3. The molecule has 0 amide bonds. The van der Waals surface area contributed by atoms with Gasteiger partial charge < -0.3 is 5.73 Å². The van der Waals surface area contributed by atoms with Crippen LogP contribution < -0.4 is 5.73 Å². The molecule has 3 rings (SSSR count). The van der Waals surface area contributed by atoms with Gasteiger partial charge in [0.2, 0.25) is 0 Å². The summed E-state index contributed by atoms with van der Waals surface area (Å²) in [6.45, 7) is 0. The first-order valence-corrected chi connectivity index (χ1v) is 5.85. The summed E-state index contributed by atoms with van der Waals surface area (Å²) < 4.78 is 39.0. The molecule has 1 aromatic heterocycles. The molecule has 100 valence electrons. The fraction of sp³-hybridized carbons (Fsp3) is 0.333. The van der Waals surface area contributed by atoms with Crippen molar-refractivity contribution in [1.29, 1.82) is 0 Å². The van der Waals surface area contributed by atoms with Gasteiger partial charge in [-0.3, -0.25) is 0 Å². The Kier molecular flexibility index (Phi) is 2.51. The molecule has 0 saturated heterocycles. The summed E-state index contributed by atoms with van der Waals surface area (Å²) in [5, 5.41) is 7.69. The highest BCUT2D eigenvalue weighted by molar-refractivity contribution is 5.45. The summed E-state index contributed by atoms with van der Waals surface area (Å²) in [5.41, 5.74) is 6.39. The Hall–Kier alpha value is -2.05. The highest BCUT2D eigenvalue weighted by Crippen LogP contribution is 2.42. The second kappa shape index (κ2) is 3.97. The summed E-state index contributed by atoms with van der Waals surface area (Å²) in [6.07, 6.45) is -2.31. The first kappa shape index (κ1) is 12.0. The number of nitrogen functional groups attached to an aromatic ring is 1. The van der Waals surface area contributed by atoms with E-state index in [1.807, 2.05) is 0 Å². The average molecular weight is 268 g/mol. The minimum Gasteiger partial charge on any atom is -0.381 e. The smallest absolute Gasteiger partial charge is 0.381 e. The number of anilines is 1. The molecule has 1 aliphatic rings. The number of rotatable bonds is 2. The topological polar surface area (TPSA) is 56.7 Å². The van der Waals surface area contributed by atoms with Crippen LogP contribution in [0.2, 0.25) is 0 Å². The van der Waals surface area contributed by atoms with Crippen molar-refractivity contribution in [1.82, 2.24) is 15.0 Å². The van der Waals surface area contributed by atoms with Crippen LogP contribution in [0, 0.1) is 0 Å². The quantitative estimate of drug-likeness (QED) is 0.911. The molecule has 19 heavy (non-hydrogen) atoms. The van der Waals surface area contributed by atoms with Crippen LogP contribution in [0.3, 0.4) is 0 Å². The van der Waals surface area contributed by atoms with Crippen molar-refractivity contribution in [2.75, 3.05) is 5.73 Å². The summed E-state index contributed by atoms with van der Waals surface area (Å²) in [5.74, 6) is 0.666. The van der Waals surface area contributed by atoms with Crippen molar-refractivity contribution in [2.45, 2.75) is 24.9 Å². The molecule has 1 aromatic carbocycles. The Morgan fingerprint density at radius 2 is 1.79 bits per heavy atom. The monoisotopic (exact) mass is 268 g/mol. The molecule has 7 heteroatoms. The molecule has 0 atom stereocenters. The molecule has 1 heterocycles. The van der Waals surface area contributed by atoms with Crippen LogP contribution in [-0.2, 0) is 6.18 Å². The van der Waals surface area contributed by atoms with E-state index in [0.717, 1.165) is 30.7 Å². The molecule has 1 saturated carbocycles. The van der Waals surface area contributed by atoms with Gasteiger partial charge in [0.15, 0.2) is 5.82 Å². The van der Waals surface area contributed by atoms with E-state index in [1.165, 1.54) is 16.8 Å². The van der Waals surface area contributed by atoms with Crippen LogP contribution in [0.4, 0.5) is 19.0 Å². The fourth-order valence-corrected chi connectivity index (χ4v) is 2.02. The van der Waals surface area contributed by atoms with Gasteiger partial charge in [-0.1, -0.05) is 5.21 Å². The Balaban J connectivity index is 1.99. The zero-order valence-electron chi connectivity index (χ0n) is 9.85. The third-order valence-electron chi connectivity index (χ3n) is 3.14. The largest absolute Gasteiger partial charge is 0.416 e. The van der Waals surface area contributed by atoms with Crippen molar-refractivity contribution in [3.05, 3.63) is 35.5 Å². The number of nitrogens with zero attached hydrogens (tertiary/aromatic N) is 3. The predicted octanol–water partition coefficient (Wildman–Crippen LogP) is 2.75. The maximum atomic E-state index is 12.5. The maximum absolute atomic E-state index is 12.5. The van der Waals surface area contributed by atoms with Gasteiger partial charge in [-0.15, -0.1) is 5.10 Å². The summed E-state index contributed by atoms with van der Waals surface area (Å²) in [4.78, 5) is 0. The standard InChI is InChI=1S/C12H11F3N4/c13-12(14,15)8-3-5-9(6-4-8)19-10(7-1-2-7)11(16)17-18-19/h3-7H,1-2,16H2. The highest BCUT2D eigenvalue weighted by atomic mass is 19.4. The van der Waals surface area contributed by atoms with Crippen LogP contribution in [0.1, 0.15) is 30.0 Å². The van der Waals surface area contributed by atoms with Gasteiger partial charge in [0, 0.05) is 5.92 Å². The summed E-state index contributed by atoms with van der Waals surface area (Å²) in [6, 6.07) is 4.82. The lowest BCUT2D eigenvalue weighted by Gasteiger charge is -2.09. The predicted molar refractivity (Wildman–Crippen MR) is 62.7 cm³/mol. The minimum absolute atomic E-state index is 0.317. The molecule has 4 nitrogen and oxygen atoms in total. The van der Waals surface area contributed by atoms with Gasteiger partial charge in [0.05, 0.1) is 16.9 Å². The van der Waals surface area contributed by atoms with Crippen LogP contribution in [0.15, 0.2) is 24.3 Å². The van der Waals surface area contributed by atoms with E-state index < -0.39 is 11.7 Å². The Labute approximate surface area is 107 Å². The Morgan fingerprint density at radius 1 is 1.16 bits per heavy atom. The van der Waals surface area contributed by atoms with Gasteiger partial charge in [-0.2, -0.15) is 13.2 Å². The normalized spacial score (nSPS) is 15.7. The SMILES string of the molecule is Nc1nnn(-c2ccc(C(F)(F)F)cc2)c1C1CC1. The first-order valence-electron chi connectivity index (χ1n) is 5.85. The van der Waals surface area contributed by atoms with Gasteiger partial charge in [-0.25, -0.2) is 4.68 Å². The zero-order chi connectivity index (χ0) is 13.6. The second-order valence-corrected chi connectivity index (χ2v) is 4.59. The maximum Gasteiger partial charge on any atom is 0.416 e. The average Bonchev–Trinajstić information content (AvgIpc) is 3.12. The molecule has 0 aliphatic heterocycles. The van der Waals surface area contributed by atoms with Crippen LogP contribution >= 0.6 is 0 Å². The Morgan fingerprint density at radius 3 is 2.32 bits per heavy atom. The number of hydrogen-bond acceptors (Lipinski definition) is 3. The molecule has 0 bridgehead atoms. The molecule has 2 aromatic rings. The third kappa shape index (κ3) is 2.16. The lowest BCUT2D eigenvalue weighted by Crippen LogP contribution is -2.06. The van der Waals surface area contributed by atoms with Gasteiger partial charge in [0.1, 0.15) is 0 Å². The fourth-order valence-electron chi connectivity index (χ4n) is 2.02. The molecule has 0 unspecified atom stereocenters. The Bertz CT molecular complexity index is 596. The molecular formula is C12H11F3N4. The molecule has 1 fully saturated rings. The highest BCUT2D eigenvalue weighted by Gasteiger charge is 2.32. The number of aromatic nitrogens is 3. The first-order chi connectivity index (χ1) is 8.97. The number of benzene rings is 1.